The zero-order valence-corrected chi connectivity index (χ0v) is 10.0. The molecule has 2 rings (SSSR count). The van der Waals surface area contributed by atoms with Crippen molar-refractivity contribution in [2.24, 2.45) is 5.41 Å². The third kappa shape index (κ3) is 2.31. The normalized spacial score (nSPS) is 17.2. The first kappa shape index (κ1) is 11.3. The minimum Gasteiger partial charge on any atom is -0.383 e. The van der Waals surface area contributed by atoms with Gasteiger partial charge in [0.25, 0.3) is 0 Å². The van der Waals surface area contributed by atoms with Gasteiger partial charge in [-0.1, -0.05) is 0 Å². The summed E-state index contributed by atoms with van der Waals surface area (Å²) in [4.78, 5) is 1.24. The van der Waals surface area contributed by atoms with E-state index in [4.69, 9.17) is 10.00 Å². The fourth-order valence-electron chi connectivity index (χ4n) is 1.53. The highest BCUT2D eigenvalue weighted by Gasteiger charge is 2.38. The second-order valence-corrected chi connectivity index (χ2v) is 4.85. The van der Waals surface area contributed by atoms with Crippen LogP contribution in [0.15, 0.2) is 29.2 Å². The summed E-state index contributed by atoms with van der Waals surface area (Å²) in [6, 6.07) is 10.5. The number of benzene rings is 1. The van der Waals surface area contributed by atoms with E-state index < -0.39 is 0 Å². The highest BCUT2D eigenvalue weighted by molar-refractivity contribution is 7.98. The molecule has 0 saturated carbocycles. The van der Waals surface area contributed by atoms with Crippen molar-refractivity contribution >= 4 is 17.4 Å². The average molecular weight is 234 g/mol. The number of hydrogen-bond donors (Lipinski definition) is 1. The zero-order valence-electron chi connectivity index (χ0n) is 9.19. The smallest absolute Gasteiger partial charge is 0.121 e. The Hall–Kier alpha value is -1.18. The van der Waals surface area contributed by atoms with Crippen molar-refractivity contribution in [1.82, 2.24) is 0 Å². The van der Waals surface area contributed by atoms with Crippen LogP contribution >= 0.6 is 11.8 Å². The molecule has 0 aromatic heterocycles. The first-order valence-corrected chi connectivity index (χ1v) is 6.37. The van der Waals surface area contributed by atoms with Crippen LogP contribution in [0.5, 0.6) is 0 Å². The predicted octanol–water partition coefficient (Wildman–Crippen LogP) is 2.36. The molecule has 16 heavy (non-hydrogen) atoms. The van der Waals surface area contributed by atoms with Crippen LogP contribution in [0, 0.1) is 16.7 Å². The molecule has 4 heteroatoms. The maximum atomic E-state index is 9.02. The van der Waals surface area contributed by atoms with Gasteiger partial charge in [-0.3, -0.25) is 0 Å². The first-order chi connectivity index (χ1) is 7.78. The summed E-state index contributed by atoms with van der Waals surface area (Å²) in [5.74, 6) is 0. The molecule has 0 atom stereocenters. The van der Waals surface area contributed by atoms with Gasteiger partial charge in [0.05, 0.1) is 19.3 Å². The molecule has 1 aliphatic heterocycles. The Labute approximate surface area is 99.8 Å². The van der Waals surface area contributed by atoms with Crippen LogP contribution in [0.2, 0.25) is 0 Å². The molecule has 3 nitrogen and oxygen atoms in total. The lowest BCUT2D eigenvalue weighted by Crippen LogP contribution is -2.46. The molecule has 1 aromatic carbocycles. The fourth-order valence-corrected chi connectivity index (χ4v) is 1.94. The zero-order chi connectivity index (χ0) is 11.4. The van der Waals surface area contributed by atoms with Crippen molar-refractivity contribution in [2.45, 2.75) is 4.90 Å². The minimum atomic E-state index is -0.321. The van der Waals surface area contributed by atoms with Crippen molar-refractivity contribution in [3.8, 4) is 6.07 Å². The molecule has 0 bridgehead atoms. The lowest BCUT2D eigenvalue weighted by molar-refractivity contribution is -0.0690. The molecule has 0 amide bonds. The number of hydrogen-bond acceptors (Lipinski definition) is 4. The largest absolute Gasteiger partial charge is 0.383 e. The van der Waals surface area contributed by atoms with Gasteiger partial charge in [0.15, 0.2) is 0 Å². The van der Waals surface area contributed by atoms with E-state index in [1.165, 1.54) is 4.90 Å². The Kier molecular flexibility index (Phi) is 3.37. The second-order valence-electron chi connectivity index (χ2n) is 3.97. The molecule has 0 unspecified atom stereocenters. The van der Waals surface area contributed by atoms with Crippen molar-refractivity contribution in [3.63, 3.8) is 0 Å². The summed E-state index contributed by atoms with van der Waals surface area (Å²) in [5, 5.41) is 12.3. The third-order valence-corrected chi connectivity index (χ3v) is 3.46. The van der Waals surface area contributed by atoms with Crippen molar-refractivity contribution in [1.29, 1.82) is 5.26 Å². The van der Waals surface area contributed by atoms with E-state index in [0.29, 0.717) is 19.8 Å². The van der Waals surface area contributed by atoms with Crippen LogP contribution < -0.4 is 5.32 Å². The van der Waals surface area contributed by atoms with Crippen LogP contribution in [-0.2, 0) is 4.74 Å². The molecule has 1 N–H and O–H groups in total. The second kappa shape index (κ2) is 4.77. The van der Waals surface area contributed by atoms with E-state index in [-0.39, 0.29) is 5.41 Å². The quantitative estimate of drug-likeness (QED) is 0.812. The molecule has 1 heterocycles. The number of nitrogens with one attached hydrogen (secondary N) is 1. The molecule has 0 aliphatic carbocycles. The van der Waals surface area contributed by atoms with Gasteiger partial charge < -0.3 is 10.1 Å². The van der Waals surface area contributed by atoms with Gasteiger partial charge in [-0.25, -0.2) is 0 Å². The highest BCUT2D eigenvalue weighted by Crippen LogP contribution is 2.27. The summed E-state index contributed by atoms with van der Waals surface area (Å²) in [7, 11) is 0. The minimum absolute atomic E-state index is 0.321. The Morgan fingerprint density at radius 1 is 1.44 bits per heavy atom. The summed E-state index contributed by atoms with van der Waals surface area (Å²) in [6.07, 6.45) is 2.05. The molecule has 0 spiro atoms. The number of nitrogens with zero attached hydrogens (tertiary/aromatic N) is 1. The molecular formula is C12H14N2OS. The van der Waals surface area contributed by atoms with Gasteiger partial charge in [-0.05, 0) is 30.5 Å². The molecule has 84 valence electrons. The molecule has 1 aromatic rings. The summed E-state index contributed by atoms with van der Waals surface area (Å²) >= 11 is 1.72. The Morgan fingerprint density at radius 2 is 2.12 bits per heavy atom. The van der Waals surface area contributed by atoms with E-state index in [1.807, 2.05) is 12.1 Å². The van der Waals surface area contributed by atoms with Gasteiger partial charge >= 0.3 is 0 Å². The first-order valence-electron chi connectivity index (χ1n) is 5.15. The van der Waals surface area contributed by atoms with E-state index in [9.17, 15) is 0 Å². The topological polar surface area (TPSA) is 45.0 Å². The van der Waals surface area contributed by atoms with Gasteiger partial charge in [0.2, 0.25) is 0 Å². The lowest BCUT2D eigenvalue weighted by Gasteiger charge is -2.35. The van der Waals surface area contributed by atoms with Crippen LogP contribution in [0.4, 0.5) is 5.69 Å². The molecule has 1 fully saturated rings. The van der Waals surface area contributed by atoms with Gasteiger partial charge in [0.1, 0.15) is 5.41 Å². The number of rotatable bonds is 4. The van der Waals surface area contributed by atoms with Crippen LogP contribution in [0.25, 0.3) is 0 Å². The van der Waals surface area contributed by atoms with Crippen molar-refractivity contribution in [3.05, 3.63) is 24.3 Å². The van der Waals surface area contributed by atoms with Crippen molar-refractivity contribution < 1.29 is 4.74 Å². The van der Waals surface area contributed by atoms with Gasteiger partial charge in [0, 0.05) is 17.1 Å². The number of nitriles is 1. The molecular weight excluding hydrogens is 220 g/mol. The summed E-state index contributed by atoms with van der Waals surface area (Å²) in [6.45, 7) is 1.74. The van der Waals surface area contributed by atoms with Gasteiger partial charge in [-0.2, -0.15) is 5.26 Å². The number of anilines is 1. The van der Waals surface area contributed by atoms with Crippen LogP contribution in [0.1, 0.15) is 0 Å². The van der Waals surface area contributed by atoms with E-state index in [1.54, 1.807) is 11.8 Å². The molecule has 1 saturated heterocycles. The fraction of sp³-hybridized carbons (Fsp3) is 0.417. The number of ether oxygens (including phenoxy) is 1. The Morgan fingerprint density at radius 3 is 2.56 bits per heavy atom. The van der Waals surface area contributed by atoms with E-state index >= 15 is 0 Å². The Bertz CT molecular complexity index is 392. The summed E-state index contributed by atoms with van der Waals surface area (Å²) < 4.78 is 5.09. The maximum absolute atomic E-state index is 9.02. The van der Waals surface area contributed by atoms with E-state index in [2.05, 4.69) is 29.8 Å². The lowest BCUT2D eigenvalue weighted by atomic mass is 9.88. The number of thioether (sulfide) groups is 1. The standard InChI is InChI=1S/C12H14N2OS/c1-16-11-4-2-10(3-5-11)14-7-12(6-13)8-15-9-12/h2-5,14H,7-9H2,1H3. The van der Waals surface area contributed by atoms with Crippen molar-refractivity contribution in [2.75, 3.05) is 31.3 Å². The predicted molar refractivity (Wildman–Crippen MR) is 65.6 cm³/mol. The Balaban J connectivity index is 1.92. The van der Waals surface area contributed by atoms with Crippen LogP contribution in [0.3, 0.4) is 0 Å². The van der Waals surface area contributed by atoms with Gasteiger partial charge in [-0.15, -0.1) is 11.8 Å². The monoisotopic (exact) mass is 234 g/mol. The van der Waals surface area contributed by atoms with E-state index in [0.717, 1.165) is 5.69 Å². The highest BCUT2D eigenvalue weighted by atomic mass is 32.2. The SMILES string of the molecule is CSc1ccc(NCC2(C#N)COC2)cc1. The average Bonchev–Trinajstić information content (AvgIpc) is 2.29. The molecule has 1 aliphatic rings. The molecule has 0 radical (unpaired) electrons. The summed E-state index contributed by atoms with van der Waals surface area (Å²) in [5.41, 5.74) is 0.734. The maximum Gasteiger partial charge on any atom is 0.121 e. The van der Waals surface area contributed by atoms with Crippen LogP contribution in [-0.4, -0.2) is 26.0 Å². The third-order valence-electron chi connectivity index (χ3n) is 2.71.